The molecule has 0 aliphatic heterocycles. The largest absolute Gasteiger partial charge is 0.381 e. The minimum absolute atomic E-state index is 0.404. The first-order chi connectivity index (χ1) is 8.70. The lowest BCUT2D eigenvalue weighted by Crippen LogP contribution is -2.02. The molecular weight excluding hydrogens is 256 g/mol. The Morgan fingerprint density at radius 2 is 1.78 bits per heavy atom. The molecule has 18 heavy (non-hydrogen) atoms. The molecule has 0 saturated carbocycles. The van der Waals surface area contributed by atoms with Gasteiger partial charge < -0.3 is 5.32 Å². The molecule has 0 fully saturated rings. The maximum absolute atomic E-state index is 13.0. The van der Waals surface area contributed by atoms with Gasteiger partial charge in [-0.25, -0.2) is 8.78 Å². The zero-order chi connectivity index (χ0) is 13.0. The minimum atomic E-state index is -0.833. The van der Waals surface area contributed by atoms with Crippen LogP contribution in [0.25, 0.3) is 0 Å². The van der Waals surface area contributed by atoms with Gasteiger partial charge in [0.15, 0.2) is 11.6 Å². The molecule has 2 aromatic carbocycles. The molecule has 0 amide bonds. The summed E-state index contributed by atoms with van der Waals surface area (Å²) < 4.78 is 25.8. The maximum Gasteiger partial charge on any atom is 0.159 e. The summed E-state index contributed by atoms with van der Waals surface area (Å²) in [6, 6.07) is 11.5. The van der Waals surface area contributed by atoms with Gasteiger partial charge in [0.05, 0.1) is 0 Å². The summed E-state index contributed by atoms with van der Waals surface area (Å²) in [5.41, 5.74) is 2.55. The van der Waals surface area contributed by atoms with Crippen LogP contribution in [0.2, 0.25) is 0 Å². The monoisotopic (exact) mass is 267 g/mol. The molecule has 0 unspecified atom stereocenters. The highest BCUT2D eigenvalue weighted by molar-refractivity contribution is 6.17. The van der Waals surface area contributed by atoms with Crippen molar-refractivity contribution < 1.29 is 8.78 Å². The van der Waals surface area contributed by atoms with E-state index in [1.54, 1.807) is 6.07 Å². The van der Waals surface area contributed by atoms with E-state index in [4.69, 9.17) is 11.6 Å². The molecule has 0 aliphatic rings. The first-order valence-corrected chi connectivity index (χ1v) is 6.06. The molecular formula is C14H12ClF2N. The van der Waals surface area contributed by atoms with Crippen molar-refractivity contribution in [3.63, 3.8) is 0 Å². The molecule has 0 heterocycles. The van der Waals surface area contributed by atoms with Crippen molar-refractivity contribution in [2.45, 2.75) is 12.4 Å². The fourth-order valence-corrected chi connectivity index (χ4v) is 1.89. The van der Waals surface area contributed by atoms with Gasteiger partial charge in [0.25, 0.3) is 0 Å². The van der Waals surface area contributed by atoms with Gasteiger partial charge in [0.2, 0.25) is 0 Å². The number of rotatable bonds is 4. The Kier molecular flexibility index (Phi) is 4.15. The lowest BCUT2D eigenvalue weighted by molar-refractivity contribution is 0.507. The van der Waals surface area contributed by atoms with E-state index in [1.807, 2.05) is 24.3 Å². The number of hydrogen-bond donors (Lipinski definition) is 1. The van der Waals surface area contributed by atoms with Crippen molar-refractivity contribution in [3.05, 3.63) is 65.2 Å². The quantitative estimate of drug-likeness (QED) is 0.814. The number of hydrogen-bond acceptors (Lipinski definition) is 1. The summed E-state index contributed by atoms with van der Waals surface area (Å²) in [5, 5.41) is 3.15. The fourth-order valence-electron chi connectivity index (χ4n) is 1.66. The second kappa shape index (κ2) is 5.83. The topological polar surface area (TPSA) is 12.0 Å². The van der Waals surface area contributed by atoms with Crippen LogP contribution in [0, 0.1) is 11.6 Å². The Labute approximate surface area is 109 Å². The van der Waals surface area contributed by atoms with Crippen LogP contribution in [0.5, 0.6) is 0 Å². The van der Waals surface area contributed by atoms with Crippen LogP contribution in [0.3, 0.4) is 0 Å². The fraction of sp³-hybridized carbons (Fsp3) is 0.143. The molecule has 0 aliphatic carbocycles. The Morgan fingerprint density at radius 3 is 2.50 bits per heavy atom. The van der Waals surface area contributed by atoms with Gasteiger partial charge in [-0.15, -0.1) is 11.6 Å². The molecule has 2 rings (SSSR count). The van der Waals surface area contributed by atoms with Crippen molar-refractivity contribution in [1.82, 2.24) is 0 Å². The molecule has 0 spiro atoms. The smallest absolute Gasteiger partial charge is 0.159 e. The number of anilines is 1. The Morgan fingerprint density at radius 1 is 1.00 bits per heavy atom. The Hall–Kier alpha value is -1.61. The standard InChI is InChI=1S/C14H12ClF2N/c15-8-11-3-1-2-4-14(11)18-9-10-5-6-12(16)13(17)7-10/h1-7,18H,8-9H2. The molecule has 0 bridgehead atoms. The number of halogens is 3. The van der Waals surface area contributed by atoms with E-state index >= 15 is 0 Å². The molecule has 2 aromatic rings. The second-order valence-corrected chi connectivity index (χ2v) is 4.16. The zero-order valence-corrected chi connectivity index (χ0v) is 10.3. The third-order valence-electron chi connectivity index (χ3n) is 2.63. The van der Waals surface area contributed by atoms with Crippen molar-refractivity contribution in [1.29, 1.82) is 0 Å². The third-order valence-corrected chi connectivity index (χ3v) is 2.92. The molecule has 0 aromatic heterocycles. The van der Waals surface area contributed by atoms with Crippen LogP contribution in [0.1, 0.15) is 11.1 Å². The van der Waals surface area contributed by atoms with Gasteiger partial charge >= 0.3 is 0 Å². The van der Waals surface area contributed by atoms with Crippen molar-refractivity contribution in [3.8, 4) is 0 Å². The lowest BCUT2D eigenvalue weighted by atomic mass is 10.1. The van der Waals surface area contributed by atoms with Crippen LogP contribution in [0.4, 0.5) is 14.5 Å². The summed E-state index contributed by atoms with van der Waals surface area (Å²) >= 11 is 5.81. The normalized spacial score (nSPS) is 10.4. The van der Waals surface area contributed by atoms with Gasteiger partial charge in [0, 0.05) is 18.1 Å². The summed E-state index contributed by atoms with van der Waals surface area (Å²) in [4.78, 5) is 0. The average molecular weight is 268 g/mol. The minimum Gasteiger partial charge on any atom is -0.381 e. The number of nitrogens with one attached hydrogen (secondary N) is 1. The van der Waals surface area contributed by atoms with E-state index in [1.165, 1.54) is 6.07 Å². The molecule has 1 N–H and O–H groups in total. The summed E-state index contributed by atoms with van der Waals surface area (Å²) in [6.45, 7) is 0.422. The van der Waals surface area contributed by atoms with Gasteiger partial charge in [-0.1, -0.05) is 24.3 Å². The van der Waals surface area contributed by atoms with Crippen molar-refractivity contribution in [2.24, 2.45) is 0 Å². The van der Waals surface area contributed by atoms with E-state index in [0.717, 1.165) is 17.3 Å². The number of para-hydroxylation sites is 1. The number of alkyl halides is 1. The highest BCUT2D eigenvalue weighted by Gasteiger charge is 2.03. The van der Waals surface area contributed by atoms with Crippen LogP contribution >= 0.6 is 11.6 Å². The maximum atomic E-state index is 13.0. The van der Waals surface area contributed by atoms with E-state index in [2.05, 4.69) is 5.32 Å². The molecule has 4 heteroatoms. The zero-order valence-electron chi connectivity index (χ0n) is 9.59. The second-order valence-electron chi connectivity index (χ2n) is 3.89. The van der Waals surface area contributed by atoms with Gasteiger partial charge in [-0.05, 0) is 29.3 Å². The van der Waals surface area contributed by atoms with Gasteiger partial charge in [-0.3, -0.25) is 0 Å². The van der Waals surface area contributed by atoms with E-state index in [0.29, 0.717) is 18.0 Å². The Bertz CT molecular complexity index is 543. The SMILES string of the molecule is Fc1ccc(CNc2ccccc2CCl)cc1F. The molecule has 94 valence electrons. The first kappa shape index (κ1) is 12.8. The van der Waals surface area contributed by atoms with Crippen molar-refractivity contribution >= 4 is 17.3 Å². The van der Waals surface area contributed by atoms with Gasteiger partial charge in [0.1, 0.15) is 0 Å². The number of benzene rings is 2. The average Bonchev–Trinajstić information content (AvgIpc) is 2.40. The van der Waals surface area contributed by atoms with Crippen molar-refractivity contribution in [2.75, 3.05) is 5.32 Å². The lowest BCUT2D eigenvalue weighted by Gasteiger charge is -2.10. The van der Waals surface area contributed by atoms with Crippen LogP contribution < -0.4 is 5.32 Å². The molecule has 0 atom stereocenters. The molecule has 1 nitrogen and oxygen atoms in total. The molecule has 0 radical (unpaired) electrons. The van der Waals surface area contributed by atoms with Crippen LogP contribution in [0.15, 0.2) is 42.5 Å². The molecule has 0 saturated heterocycles. The van der Waals surface area contributed by atoms with Gasteiger partial charge in [-0.2, -0.15) is 0 Å². The predicted octanol–water partition coefficient (Wildman–Crippen LogP) is 4.32. The van der Waals surface area contributed by atoms with Crippen LogP contribution in [-0.4, -0.2) is 0 Å². The van der Waals surface area contributed by atoms with E-state index in [9.17, 15) is 8.78 Å². The predicted molar refractivity (Wildman–Crippen MR) is 69.7 cm³/mol. The highest BCUT2D eigenvalue weighted by atomic mass is 35.5. The first-order valence-electron chi connectivity index (χ1n) is 5.52. The van der Waals surface area contributed by atoms with Crippen LogP contribution in [-0.2, 0) is 12.4 Å². The summed E-state index contributed by atoms with van der Waals surface area (Å²) in [6.07, 6.45) is 0. The highest BCUT2D eigenvalue weighted by Crippen LogP contribution is 2.18. The summed E-state index contributed by atoms with van der Waals surface area (Å²) in [7, 11) is 0. The van der Waals surface area contributed by atoms with E-state index < -0.39 is 11.6 Å². The Balaban J connectivity index is 2.09. The summed E-state index contributed by atoms with van der Waals surface area (Å²) in [5.74, 6) is -1.26. The van der Waals surface area contributed by atoms with E-state index in [-0.39, 0.29) is 0 Å². The third kappa shape index (κ3) is 2.99.